The smallest absolute Gasteiger partial charge is 0.327 e. The van der Waals surface area contributed by atoms with Crippen LogP contribution in [0.2, 0.25) is 0 Å². The molecule has 0 aliphatic heterocycles. The van der Waals surface area contributed by atoms with Crippen LogP contribution in [0.1, 0.15) is 29.3 Å². The minimum absolute atomic E-state index is 0.240. The number of hydrogen-bond acceptors (Lipinski definition) is 6. The summed E-state index contributed by atoms with van der Waals surface area (Å²) in [5.74, 6) is 0.832. The largest absolute Gasteiger partial charge is 0.384 e. The van der Waals surface area contributed by atoms with Gasteiger partial charge in [0.25, 0.3) is 0 Å². The van der Waals surface area contributed by atoms with Crippen LogP contribution in [-0.4, -0.2) is 26.8 Å². The van der Waals surface area contributed by atoms with E-state index >= 15 is 0 Å². The quantitative estimate of drug-likeness (QED) is 0.298. The van der Waals surface area contributed by atoms with Crippen LogP contribution in [0, 0.1) is 5.41 Å². The Labute approximate surface area is 163 Å². The Kier molecular flexibility index (Phi) is 5.90. The molecule has 2 aromatic heterocycles. The van der Waals surface area contributed by atoms with Gasteiger partial charge in [0.2, 0.25) is 0 Å². The van der Waals surface area contributed by atoms with Gasteiger partial charge in [-0.2, -0.15) is 0 Å². The van der Waals surface area contributed by atoms with Crippen molar-refractivity contribution in [1.82, 2.24) is 19.9 Å². The summed E-state index contributed by atoms with van der Waals surface area (Å²) in [5.41, 5.74) is 15.3. The number of nitrogen functional groups attached to an aromatic ring is 2. The zero-order valence-corrected chi connectivity index (χ0v) is 15.8. The molecule has 3 rings (SSSR count). The Bertz CT molecular complexity index is 1020. The van der Waals surface area contributed by atoms with Crippen molar-refractivity contribution in [2.24, 2.45) is 0 Å². The third-order valence-corrected chi connectivity index (χ3v) is 4.53. The lowest BCUT2D eigenvalue weighted by Gasteiger charge is -2.08. The first-order valence-electron chi connectivity index (χ1n) is 9.07. The van der Waals surface area contributed by atoms with Crippen molar-refractivity contribution < 1.29 is 0 Å². The van der Waals surface area contributed by atoms with E-state index in [0.717, 1.165) is 36.2 Å². The highest BCUT2D eigenvalue weighted by atomic mass is 16.1. The Balaban J connectivity index is 1.54. The monoisotopic (exact) mass is 379 g/mol. The van der Waals surface area contributed by atoms with Gasteiger partial charge < -0.3 is 27.2 Å². The number of pyridine rings is 1. The van der Waals surface area contributed by atoms with Gasteiger partial charge in [-0.05, 0) is 48.7 Å². The standard InChI is InChI=1S/C20H25N7O/c1-13(21)18-19(23)27(20(28)26-18)12-16-4-2-15(3-5-16)11-24-8-6-14-7-9-25-17(22)10-14/h2-5,7,9-10,21,24H,6,8,11-12,23H2,1H3,(H2,22,25)(H,26,28). The molecule has 146 valence electrons. The van der Waals surface area contributed by atoms with Gasteiger partial charge in [-0.3, -0.25) is 4.57 Å². The zero-order valence-electron chi connectivity index (χ0n) is 15.8. The van der Waals surface area contributed by atoms with Crippen molar-refractivity contribution in [3.8, 4) is 0 Å². The second kappa shape index (κ2) is 8.53. The fraction of sp³-hybridized carbons (Fsp3) is 0.250. The SMILES string of the molecule is CC(=N)c1[nH]c(=O)n(Cc2ccc(CNCCc3ccnc(N)c3)cc2)c1N. The van der Waals surface area contributed by atoms with E-state index < -0.39 is 0 Å². The second-order valence-electron chi connectivity index (χ2n) is 6.73. The summed E-state index contributed by atoms with van der Waals surface area (Å²) in [7, 11) is 0. The van der Waals surface area contributed by atoms with Gasteiger partial charge in [0.15, 0.2) is 0 Å². The van der Waals surface area contributed by atoms with Crippen LogP contribution < -0.4 is 22.5 Å². The van der Waals surface area contributed by atoms with Gasteiger partial charge in [-0.1, -0.05) is 24.3 Å². The number of nitrogens with zero attached hydrogens (tertiary/aromatic N) is 2. The minimum atomic E-state index is -0.304. The number of imidazole rings is 1. The summed E-state index contributed by atoms with van der Waals surface area (Å²) >= 11 is 0. The minimum Gasteiger partial charge on any atom is -0.384 e. The lowest BCUT2D eigenvalue weighted by molar-refractivity contribution is 0.686. The molecule has 0 radical (unpaired) electrons. The topological polar surface area (TPSA) is 139 Å². The van der Waals surface area contributed by atoms with Gasteiger partial charge in [-0.15, -0.1) is 0 Å². The lowest BCUT2D eigenvalue weighted by atomic mass is 10.1. The second-order valence-corrected chi connectivity index (χ2v) is 6.73. The van der Waals surface area contributed by atoms with E-state index in [2.05, 4.69) is 15.3 Å². The first kappa shape index (κ1) is 19.4. The Morgan fingerprint density at radius 1 is 1.18 bits per heavy atom. The molecule has 2 heterocycles. The van der Waals surface area contributed by atoms with Gasteiger partial charge in [-0.25, -0.2) is 9.78 Å². The first-order valence-corrected chi connectivity index (χ1v) is 9.07. The number of hydrogen-bond donors (Lipinski definition) is 5. The number of aromatic nitrogens is 3. The summed E-state index contributed by atoms with van der Waals surface area (Å²) in [4.78, 5) is 18.7. The molecule has 0 unspecified atom stereocenters. The van der Waals surface area contributed by atoms with E-state index in [1.54, 1.807) is 13.1 Å². The molecule has 0 atom stereocenters. The zero-order chi connectivity index (χ0) is 20.1. The maximum atomic E-state index is 12.1. The number of H-pyrrole nitrogens is 1. The van der Waals surface area contributed by atoms with Crippen LogP contribution in [0.3, 0.4) is 0 Å². The van der Waals surface area contributed by atoms with Crippen molar-refractivity contribution >= 4 is 17.3 Å². The summed E-state index contributed by atoms with van der Waals surface area (Å²) < 4.78 is 1.45. The lowest BCUT2D eigenvalue weighted by Crippen LogP contribution is -2.19. The third kappa shape index (κ3) is 4.66. The van der Waals surface area contributed by atoms with Gasteiger partial charge >= 0.3 is 5.69 Å². The molecule has 0 bridgehead atoms. The van der Waals surface area contributed by atoms with Crippen LogP contribution in [0.15, 0.2) is 47.4 Å². The number of rotatable bonds is 8. The van der Waals surface area contributed by atoms with E-state index in [1.807, 2.05) is 36.4 Å². The number of aromatic amines is 1. The summed E-state index contributed by atoms with van der Waals surface area (Å²) in [5, 5.41) is 11.1. The Morgan fingerprint density at radius 2 is 1.89 bits per heavy atom. The molecular weight excluding hydrogens is 354 g/mol. The molecule has 0 spiro atoms. The molecular formula is C20H25N7O. The van der Waals surface area contributed by atoms with E-state index in [4.69, 9.17) is 16.9 Å². The highest BCUT2D eigenvalue weighted by molar-refractivity contribution is 5.98. The molecule has 0 saturated heterocycles. The van der Waals surface area contributed by atoms with Gasteiger partial charge in [0.05, 0.1) is 12.3 Å². The Morgan fingerprint density at radius 3 is 2.54 bits per heavy atom. The predicted octanol–water partition coefficient (Wildman–Crippen LogP) is 1.50. The van der Waals surface area contributed by atoms with Crippen molar-refractivity contribution in [2.75, 3.05) is 18.0 Å². The van der Waals surface area contributed by atoms with Gasteiger partial charge in [0.1, 0.15) is 17.3 Å². The molecule has 0 amide bonds. The highest BCUT2D eigenvalue weighted by Gasteiger charge is 2.12. The summed E-state index contributed by atoms with van der Waals surface area (Å²) in [6.45, 7) is 3.56. The molecule has 8 heteroatoms. The summed E-state index contributed by atoms with van der Waals surface area (Å²) in [6.07, 6.45) is 2.60. The van der Waals surface area contributed by atoms with E-state index in [0.29, 0.717) is 23.9 Å². The van der Waals surface area contributed by atoms with E-state index in [9.17, 15) is 4.79 Å². The number of nitrogens with two attached hydrogens (primary N) is 2. The van der Waals surface area contributed by atoms with Crippen molar-refractivity contribution in [2.45, 2.75) is 26.4 Å². The number of benzene rings is 1. The fourth-order valence-electron chi connectivity index (χ4n) is 2.99. The van der Waals surface area contributed by atoms with Crippen molar-refractivity contribution in [3.63, 3.8) is 0 Å². The first-order chi connectivity index (χ1) is 13.4. The molecule has 7 N–H and O–H groups in total. The average molecular weight is 379 g/mol. The van der Waals surface area contributed by atoms with E-state index in [-0.39, 0.29) is 11.4 Å². The van der Waals surface area contributed by atoms with E-state index in [1.165, 1.54) is 4.57 Å². The molecule has 0 saturated carbocycles. The van der Waals surface area contributed by atoms with Crippen LogP contribution in [-0.2, 0) is 19.5 Å². The fourth-order valence-corrected chi connectivity index (χ4v) is 2.99. The molecule has 0 aliphatic carbocycles. The third-order valence-electron chi connectivity index (χ3n) is 4.53. The predicted molar refractivity (Wildman–Crippen MR) is 112 cm³/mol. The normalized spacial score (nSPS) is 10.9. The molecule has 1 aromatic carbocycles. The number of anilines is 2. The Hall–Kier alpha value is -3.39. The maximum Gasteiger partial charge on any atom is 0.327 e. The van der Waals surface area contributed by atoms with Gasteiger partial charge in [0, 0.05) is 12.7 Å². The van der Waals surface area contributed by atoms with Crippen LogP contribution in [0.25, 0.3) is 0 Å². The molecule has 0 fully saturated rings. The number of nitrogens with one attached hydrogen (secondary N) is 3. The summed E-state index contributed by atoms with van der Waals surface area (Å²) in [6, 6.07) is 11.9. The maximum absolute atomic E-state index is 12.1. The average Bonchev–Trinajstić information content (AvgIpc) is 2.95. The van der Waals surface area contributed by atoms with Crippen molar-refractivity contribution in [3.05, 3.63) is 75.5 Å². The van der Waals surface area contributed by atoms with Crippen LogP contribution in [0.4, 0.5) is 11.6 Å². The highest BCUT2D eigenvalue weighted by Crippen LogP contribution is 2.12. The van der Waals surface area contributed by atoms with Crippen LogP contribution in [0.5, 0.6) is 0 Å². The van der Waals surface area contributed by atoms with Crippen molar-refractivity contribution in [1.29, 1.82) is 5.41 Å². The molecule has 8 nitrogen and oxygen atoms in total. The molecule has 0 aliphatic rings. The molecule has 28 heavy (non-hydrogen) atoms. The molecule has 3 aromatic rings. The van der Waals surface area contributed by atoms with Crippen LogP contribution >= 0.6 is 0 Å².